The Morgan fingerprint density at radius 1 is 1.15 bits per heavy atom. The van der Waals surface area contributed by atoms with E-state index in [4.69, 9.17) is 12.2 Å². The van der Waals surface area contributed by atoms with Crippen molar-refractivity contribution in [2.75, 3.05) is 5.32 Å². The first-order valence-electron chi connectivity index (χ1n) is 8.50. The number of thiocarbonyl (C=S) groups is 1. The lowest BCUT2D eigenvalue weighted by Gasteiger charge is -2.10. The number of aromatic nitrogens is 1. The molecule has 26 heavy (non-hydrogen) atoms. The van der Waals surface area contributed by atoms with Gasteiger partial charge >= 0.3 is 0 Å². The minimum absolute atomic E-state index is 0.0965. The van der Waals surface area contributed by atoms with Gasteiger partial charge in [0, 0.05) is 17.1 Å². The second-order valence-electron chi connectivity index (χ2n) is 6.60. The first-order chi connectivity index (χ1) is 12.4. The van der Waals surface area contributed by atoms with Gasteiger partial charge in [-0.15, -0.1) is 10.2 Å². The van der Waals surface area contributed by atoms with Crippen molar-refractivity contribution in [1.82, 2.24) is 4.57 Å². The van der Waals surface area contributed by atoms with Crippen molar-refractivity contribution in [2.24, 2.45) is 10.2 Å². The van der Waals surface area contributed by atoms with Crippen LogP contribution < -0.4 is 5.32 Å². The zero-order chi connectivity index (χ0) is 18.8. The van der Waals surface area contributed by atoms with Gasteiger partial charge in [-0.1, -0.05) is 35.9 Å². The molecule has 0 saturated carbocycles. The summed E-state index contributed by atoms with van der Waals surface area (Å²) in [7, 11) is 0. The van der Waals surface area contributed by atoms with E-state index in [1.165, 1.54) is 5.56 Å². The third kappa shape index (κ3) is 3.46. The number of benzene rings is 2. The molecule has 2 N–H and O–H groups in total. The average Bonchev–Trinajstić information content (AvgIpc) is 2.87. The van der Waals surface area contributed by atoms with E-state index >= 15 is 0 Å². The van der Waals surface area contributed by atoms with E-state index in [1.807, 2.05) is 68.7 Å². The Morgan fingerprint density at radius 3 is 2.58 bits per heavy atom. The van der Waals surface area contributed by atoms with Gasteiger partial charge in [-0.25, -0.2) is 0 Å². The van der Waals surface area contributed by atoms with Crippen LogP contribution in [0.15, 0.2) is 52.7 Å². The molecule has 134 valence electrons. The van der Waals surface area contributed by atoms with Crippen molar-refractivity contribution in [2.45, 2.75) is 33.7 Å². The van der Waals surface area contributed by atoms with Gasteiger partial charge in [-0.3, -0.25) is 0 Å². The maximum absolute atomic E-state index is 10.6. The molecule has 3 rings (SSSR count). The maximum atomic E-state index is 10.6. The van der Waals surface area contributed by atoms with Crippen molar-refractivity contribution >= 4 is 39.6 Å². The zero-order valence-corrected chi connectivity index (χ0v) is 16.1. The third-order valence-corrected chi connectivity index (χ3v) is 4.42. The summed E-state index contributed by atoms with van der Waals surface area (Å²) in [6.07, 6.45) is 0. The summed E-state index contributed by atoms with van der Waals surface area (Å²) in [6, 6.07) is 13.9. The predicted octanol–water partition coefficient (Wildman–Crippen LogP) is 6.03. The molecule has 1 heterocycles. The van der Waals surface area contributed by atoms with E-state index in [9.17, 15) is 5.11 Å². The minimum Gasteiger partial charge on any atom is -0.493 e. The van der Waals surface area contributed by atoms with E-state index in [1.54, 1.807) is 0 Å². The van der Waals surface area contributed by atoms with E-state index < -0.39 is 0 Å². The Kier molecular flexibility index (Phi) is 5.04. The number of fused-ring (bicyclic) bond motifs is 1. The lowest BCUT2D eigenvalue weighted by Crippen LogP contribution is -2.06. The van der Waals surface area contributed by atoms with Crippen LogP contribution in [0, 0.1) is 13.8 Å². The highest BCUT2D eigenvalue weighted by Gasteiger charge is 2.18. The maximum Gasteiger partial charge on any atom is 0.221 e. The van der Waals surface area contributed by atoms with Crippen molar-refractivity contribution in [1.29, 1.82) is 0 Å². The monoisotopic (exact) mass is 366 g/mol. The van der Waals surface area contributed by atoms with Crippen LogP contribution in [0.1, 0.15) is 31.0 Å². The number of nitrogens with one attached hydrogen (secondary N) is 1. The van der Waals surface area contributed by atoms with Crippen LogP contribution in [0.3, 0.4) is 0 Å². The van der Waals surface area contributed by atoms with Gasteiger partial charge in [0.15, 0.2) is 5.69 Å². The molecule has 0 amide bonds. The smallest absolute Gasteiger partial charge is 0.221 e. The SMILES string of the molecule is Cc1ccc(NC(=S)N=Nc2c(O)n(C(C)C)c3ccccc23)c(C)c1. The molecule has 6 heteroatoms. The number of anilines is 1. The number of hydrogen-bond acceptors (Lipinski definition) is 3. The number of nitrogens with zero attached hydrogens (tertiary/aromatic N) is 3. The summed E-state index contributed by atoms with van der Waals surface area (Å²) >= 11 is 5.29. The molecule has 2 aromatic carbocycles. The predicted molar refractivity (Wildman–Crippen MR) is 111 cm³/mol. The van der Waals surface area contributed by atoms with Crippen LogP contribution in [-0.4, -0.2) is 14.8 Å². The lowest BCUT2D eigenvalue weighted by molar-refractivity contribution is 0.407. The molecule has 0 aliphatic rings. The molecule has 0 aliphatic heterocycles. The highest BCUT2D eigenvalue weighted by Crippen LogP contribution is 2.40. The highest BCUT2D eigenvalue weighted by atomic mass is 32.1. The van der Waals surface area contributed by atoms with Gasteiger partial charge in [0.05, 0.1) is 5.52 Å². The number of hydrogen-bond donors (Lipinski definition) is 2. The molecule has 0 unspecified atom stereocenters. The number of rotatable bonds is 3. The molecule has 3 aromatic rings. The first kappa shape index (κ1) is 18.1. The van der Waals surface area contributed by atoms with Gasteiger partial charge in [0.25, 0.3) is 0 Å². The van der Waals surface area contributed by atoms with E-state index in [0.717, 1.165) is 22.2 Å². The van der Waals surface area contributed by atoms with E-state index in [0.29, 0.717) is 5.69 Å². The first-order valence-corrected chi connectivity index (χ1v) is 8.91. The Labute approximate surface area is 158 Å². The zero-order valence-electron chi connectivity index (χ0n) is 15.3. The molecule has 0 atom stereocenters. The van der Waals surface area contributed by atoms with Gasteiger partial charge < -0.3 is 15.0 Å². The van der Waals surface area contributed by atoms with Gasteiger partial charge in [-0.2, -0.15) is 0 Å². The molecule has 0 bridgehead atoms. The second-order valence-corrected chi connectivity index (χ2v) is 6.99. The fourth-order valence-corrected chi connectivity index (χ4v) is 3.19. The lowest BCUT2D eigenvalue weighted by atomic mass is 10.1. The normalized spacial score (nSPS) is 11.6. The van der Waals surface area contributed by atoms with Crippen LogP contribution in [-0.2, 0) is 0 Å². The van der Waals surface area contributed by atoms with Crippen LogP contribution in [0.5, 0.6) is 5.88 Å². The van der Waals surface area contributed by atoms with Gasteiger partial charge in [-0.05, 0) is 57.6 Å². The van der Waals surface area contributed by atoms with Crippen LogP contribution >= 0.6 is 12.2 Å². The molecular weight excluding hydrogens is 344 g/mol. The second kappa shape index (κ2) is 7.25. The Morgan fingerprint density at radius 2 is 1.88 bits per heavy atom. The van der Waals surface area contributed by atoms with Gasteiger partial charge in [0.2, 0.25) is 11.0 Å². The molecule has 5 nitrogen and oxygen atoms in total. The molecule has 0 spiro atoms. The fraction of sp³-hybridized carbons (Fsp3) is 0.250. The Bertz CT molecular complexity index is 1000. The standard InChI is InChI=1S/C20H22N4OS/c1-12(2)24-17-8-6-5-7-15(17)18(19(24)25)22-23-20(26)21-16-10-9-13(3)11-14(16)4/h5-12,25H,1-4H3,(H,21,26). The summed E-state index contributed by atoms with van der Waals surface area (Å²) < 4.78 is 1.84. The summed E-state index contributed by atoms with van der Waals surface area (Å²) in [5.74, 6) is 0.0965. The van der Waals surface area contributed by atoms with Crippen molar-refractivity contribution in [3.8, 4) is 5.88 Å². The largest absolute Gasteiger partial charge is 0.493 e. The third-order valence-electron chi connectivity index (χ3n) is 4.24. The van der Waals surface area contributed by atoms with Crippen LogP contribution in [0.2, 0.25) is 0 Å². The number of para-hydroxylation sites is 1. The van der Waals surface area contributed by atoms with E-state index in [2.05, 4.69) is 21.6 Å². The highest BCUT2D eigenvalue weighted by molar-refractivity contribution is 7.80. The van der Waals surface area contributed by atoms with E-state index in [-0.39, 0.29) is 17.0 Å². The molecule has 0 fully saturated rings. The fourth-order valence-electron chi connectivity index (χ4n) is 3.04. The Balaban J connectivity index is 1.91. The summed E-state index contributed by atoms with van der Waals surface area (Å²) in [5, 5.41) is 23.1. The van der Waals surface area contributed by atoms with Gasteiger partial charge in [0.1, 0.15) is 0 Å². The van der Waals surface area contributed by atoms with Crippen molar-refractivity contribution < 1.29 is 5.11 Å². The summed E-state index contributed by atoms with van der Waals surface area (Å²) in [4.78, 5) is 0. The minimum atomic E-state index is 0.0965. The Hall–Kier alpha value is -2.73. The quantitative estimate of drug-likeness (QED) is 0.440. The number of aryl methyl sites for hydroxylation is 2. The summed E-state index contributed by atoms with van der Waals surface area (Å²) in [5.41, 5.74) is 4.52. The number of aromatic hydroxyl groups is 1. The average molecular weight is 366 g/mol. The summed E-state index contributed by atoms with van der Waals surface area (Å²) in [6.45, 7) is 8.08. The van der Waals surface area contributed by atoms with Crippen molar-refractivity contribution in [3.05, 3.63) is 53.6 Å². The van der Waals surface area contributed by atoms with Crippen LogP contribution in [0.25, 0.3) is 10.9 Å². The molecular formula is C20H22N4OS. The molecule has 0 radical (unpaired) electrons. The van der Waals surface area contributed by atoms with Crippen LogP contribution in [0.4, 0.5) is 11.4 Å². The molecule has 1 aromatic heterocycles. The topological polar surface area (TPSA) is 61.9 Å². The number of azo groups is 1. The van der Waals surface area contributed by atoms with Crippen molar-refractivity contribution in [3.63, 3.8) is 0 Å². The molecule has 0 saturated heterocycles. The molecule has 0 aliphatic carbocycles.